The van der Waals surface area contributed by atoms with Crippen LogP contribution in [0.1, 0.15) is 10.4 Å². The van der Waals surface area contributed by atoms with Crippen molar-refractivity contribution < 1.29 is 23.2 Å². The van der Waals surface area contributed by atoms with E-state index in [2.05, 4.69) is 4.52 Å². The highest BCUT2D eigenvalue weighted by molar-refractivity contribution is 7.99. The lowest BCUT2D eigenvalue weighted by Crippen LogP contribution is -2.44. The number of thioether (sulfide) groups is 1. The second-order valence-corrected chi connectivity index (χ2v) is 7.18. The predicted octanol–water partition coefficient (Wildman–Crippen LogP) is 1.64. The third kappa shape index (κ3) is 5.93. The zero-order valence-electron chi connectivity index (χ0n) is 14.1. The van der Waals surface area contributed by atoms with Gasteiger partial charge in [0.1, 0.15) is 0 Å². The standard InChI is InChI=1S/C16H16FN2O6PS/c17-8-12(10-27-11-25-26(23)24)9-18-7-6-14(20)19(16(18)22)15(21)13-4-2-1-3-5-13/h1-7,12H,8-11H2/p+1. The normalized spacial score (nSPS) is 12.6. The van der Waals surface area contributed by atoms with Gasteiger partial charge in [-0.2, -0.15) is 4.57 Å². The fraction of sp³-hybridized carbons (Fsp3) is 0.312. The van der Waals surface area contributed by atoms with Gasteiger partial charge in [0.15, 0.2) is 5.94 Å². The summed E-state index contributed by atoms with van der Waals surface area (Å²) in [5.41, 5.74) is -1.44. The van der Waals surface area contributed by atoms with Gasteiger partial charge in [-0.15, -0.1) is 21.2 Å². The van der Waals surface area contributed by atoms with Gasteiger partial charge in [-0.05, 0) is 12.1 Å². The third-order valence-corrected chi connectivity index (χ3v) is 5.07. The number of rotatable bonds is 9. The summed E-state index contributed by atoms with van der Waals surface area (Å²) in [6.07, 6.45) is 1.22. The zero-order chi connectivity index (χ0) is 19.8. The van der Waals surface area contributed by atoms with Gasteiger partial charge >= 0.3 is 13.9 Å². The molecule has 0 aliphatic heterocycles. The van der Waals surface area contributed by atoms with E-state index in [1.54, 1.807) is 18.2 Å². The Labute approximate surface area is 158 Å². The number of alkyl halides is 1. The second kappa shape index (κ2) is 10.3. The molecule has 8 nitrogen and oxygen atoms in total. The minimum atomic E-state index is -2.72. The molecular formula is C16H17FN2O6PS+. The number of nitrogens with zero attached hydrogens (tertiary/aromatic N) is 2. The molecule has 144 valence electrons. The minimum absolute atomic E-state index is 0.0596. The van der Waals surface area contributed by atoms with Gasteiger partial charge in [0.25, 0.3) is 11.5 Å². The van der Waals surface area contributed by atoms with Crippen LogP contribution in [0.3, 0.4) is 0 Å². The molecule has 2 atom stereocenters. The van der Waals surface area contributed by atoms with Crippen molar-refractivity contribution in [2.45, 2.75) is 6.54 Å². The lowest BCUT2D eigenvalue weighted by atomic mass is 10.2. The quantitative estimate of drug-likeness (QED) is 0.377. The Morgan fingerprint density at radius 2 is 1.96 bits per heavy atom. The molecule has 2 rings (SSSR count). The van der Waals surface area contributed by atoms with Gasteiger partial charge in [-0.3, -0.25) is 18.5 Å². The zero-order valence-corrected chi connectivity index (χ0v) is 15.8. The molecule has 2 unspecified atom stereocenters. The molecule has 1 aromatic carbocycles. The Kier molecular flexibility index (Phi) is 8.05. The summed E-state index contributed by atoms with van der Waals surface area (Å²) in [6.45, 7) is -0.813. The van der Waals surface area contributed by atoms with Crippen LogP contribution in [0, 0.1) is 5.92 Å². The molecule has 0 amide bonds. The molecule has 1 aromatic heterocycles. The van der Waals surface area contributed by atoms with Crippen molar-refractivity contribution in [3.63, 3.8) is 0 Å². The van der Waals surface area contributed by atoms with Crippen molar-refractivity contribution in [3.8, 4) is 0 Å². The van der Waals surface area contributed by atoms with Crippen LogP contribution in [0.2, 0.25) is 0 Å². The van der Waals surface area contributed by atoms with Crippen LogP contribution >= 0.6 is 20.0 Å². The van der Waals surface area contributed by atoms with E-state index < -0.39 is 38.0 Å². The first kappa shape index (κ1) is 21.2. The fourth-order valence-electron chi connectivity index (χ4n) is 2.27. The van der Waals surface area contributed by atoms with Crippen molar-refractivity contribution in [1.82, 2.24) is 9.13 Å². The molecule has 0 bridgehead atoms. The van der Waals surface area contributed by atoms with Gasteiger partial charge in [0.05, 0.1) is 6.67 Å². The number of carbonyl (C=O) groups excluding carboxylic acids is 1. The van der Waals surface area contributed by atoms with E-state index in [1.807, 2.05) is 0 Å². The average molecular weight is 415 g/mol. The van der Waals surface area contributed by atoms with Crippen molar-refractivity contribution in [3.05, 3.63) is 69.0 Å². The molecule has 0 aliphatic rings. The third-order valence-electron chi connectivity index (χ3n) is 3.55. The molecule has 0 radical (unpaired) electrons. The highest BCUT2D eigenvalue weighted by atomic mass is 32.2. The summed E-state index contributed by atoms with van der Waals surface area (Å²) < 4.78 is 29.8. The van der Waals surface area contributed by atoms with Gasteiger partial charge in [-0.1, -0.05) is 18.2 Å². The Morgan fingerprint density at radius 1 is 1.26 bits per heavy atom. The lowest BCUT2D eigenvalue weighted by molar-refractivity contribution is 0.0948. The number of hydrogen-bond acceptors (Lipinski definition) is 6. The molecule has 0 aliphatic carbocycles. The van der Waals surface area contributed by atoms with E-state index in [9.17, 15) is 23.3 Å². The largest absolute Gasteiger partial charge is 0.695 e. The van der Waals surface area contributed by atoms with E-state index in [0.717, 1.165) is 22.4 Å². The molecule has 0 spiro atoms. The first-order chi connectivity index (χ1) is 12.9. The van der Waals surface area contributed by atoms with Crippen molar-refractivity contribution in [1.29, 1.82) is 0 Å². The fourth-order valence-corrected chi connectivity index (χ4v) is 3.55. The summed E-state index contributed by atoms with van der Waals surface area (Å²) in [5, 5.41) is 0. The summed E-state index contributed by atoms with van der Waals surface area (Å²) in [7, 11) is -2.72. The average Bonchev–Trinajstić information content (AvgIpc) is 2.66. The SMILES string of the molecule is O=C(c1ccccc1)n1c(=O)ccn(CC(CF)CSCO[P+](=O)O)c1=O. The van der Waals surface area contributed by atoms with Crippen molar-refractivity contribution in [2.75, 3.05) is 18.4 Å². The van der Waals surface area contributed by atoms with Crippen LogP contribution in [-0.2, 0) is 15.6 Å². The van der Waals surface area contributed by atoms with Crippen LogP contribution in [0.15, 0.2) is 52.2 Å². The summed E-state index contributed by atoms with van der Waals surface area (Å²) in [4.78, 5) is 45.6. The summed E-state index contributed by atoms with van der Waals surface area (Å²) in [5.74, 6) is -1.24. The molecular weight excluding hydrogens is 398 g/mol. The Morgan fingerprint density at radius 3 is 2.59 bits per heavy atom. The van der Waals surface area contributed by atoms with Crippen LogP contribution in [-0.4, -0.2) is 38.3 Å². The molecule has 1 N–H and O–H groups in total. The minimum Gasteiger partial charge on any atom is -0.300 e. The van der Waals surface area contributed by atoms with Crippen LogP contribution in [0.4, 0.5) is 4.39 Å². The molecule has 2 aromatic rings. The summed E-state index contributed by atoms with van der Waals surface area (Å²) >= 11 is 1.09. The number of aromatic nitrogens is 2. The Bertz CT molecular complexity index is 917. The molecule has 0 saturated heterocycles. The highest BCUT2D eigenvalue weighted by Crippen LogP contribution is 2.19. The Hall–Kier alpha value is -2.13. The number of halogens is 1. The first-order valence-electron chi connectivity index (χ1n) is 7.79. The molecule has 0 fully saturated rings. The van der Waals surface area contributed by atoms with E-state index >= 15 is 0 Å². The topological polar surface area (TPSA) is 108 Å². The molecule has 1 heterocycles. The van der Waals surface area contributed by atoms with Crippen LogP contribution < -0.4 is 11.2 Å². The molecule has 27 heavy (non-hydrogen) atoms. The number of carbonyl (C=O) groups is 1. The molecule has 0 saturated carbocycles. The number of benzene rings is 1. The van der Waals surface area contributed by atoms with Gasteiger partial charge in [-0.25, -0.2) is 4.79 Å². The van der Waals surface area contributed by atoms with Crippen molar-refractivity contribution in [2.24, 2.45) is 5.92 Å². The second-order valence-electron chi connectivity index (χ2n) is 5.47. The number of hydrogen-bond donors (Lipinski definition) is 1. The first-order valence-corrected chi connectivity index (χ1v) is 10.1. The van der Waals surface area contributed by atoms with Crippen LogP contribution in [0.5, 0.6) is 0 Å². The maximum atomic E-state index is 13.3. The van der Waals surface area contributed by atoms with Gasteiger partial charge in [0.2, 0.25) is 0 Å². The maximum absolute atomic E-state index is 13.3. The smallest absolute Gasteiger partial charge is 0.300 e. The lowest BCUT2D eigenvalue weighted by Gasteiger charge is -2.15. The predicted molar refractivity (Wildman–Crippen MR) is 98.8 cm³/mol. The van der Waals surface area contributed by atoms with E-state index in [0.29, 0.717) is 4.57 Å². The van der Waals surface area contributed by atoms with E-state index in [4.69, 9.17) is 4.89 Å². The van der Waals surface area contributed by atoms with E-state index in [1.165, 1.54) is 18.3 Å². The van der Waals surface area contributed by atoms with Crippen LogP contribution in [0.25, 0.3) is 0 Å². The van der Waals surface area contributed by atoms with Crippen molar-refractivity contribution >= 4 is 25.9 Å². The summed E-state index contributed by atoms with van der Waals surface area (Å²) in [6, 6.07) is 8.96. The van der Waals surface area contributed by atoms with E-state index in [-0.39, 0.29) is 23.8 Å². The maximum Gasteiger partial charge on any atom is 0.695 e. The highest BCUT2D eigenvalue weighted by Gasteiger charge is 2.18. The monoisotopic (exact) mass is 415 g/mol. The van der Waals surface area contributed by atoms with Gasteiger partial charge in [0, 0.05) is 40.6 Å². The Balaban J connectivity index is 2.18. The molecule has 11 heteroatoms. The van der Waals surface area contributed by atoms with Gasteiger partial charge < -0.3 is 0 Å².